The molecule has 0 spiro atoms. The summed E-state index contributed by atoms with van der Waals surface area (Å²) in [5, 5.41) is 6.63. The fraction of sp³-hybridized carbons (Fsp3) is 0.250. The Morgan fingerprint density at radius 2 is 1.05 bits per heavy atom. The van der Waals surface area contributed by atoms with Gasteiger partial charge in [0.15, 0.2) is 0 Å². The molecule has 11 nitrogen and oxygen atoms in total. The van der Waals surface area contributed by atoms with Gasteiger partial charge in [-0.2, -0.15) is 29.9 Å². The van der Waals surface area contributed by atoms with Gasteiger partial charge in [-0.3, -0.25) is 4.90 Å². The molecule has 0 unspecified atom stereocenters. The molecule has 3 aromatic carbocycles. The molecule has 5 rings (SSSR count). The van der Waals surface area contributed by atoms with Gasteiger partial charge in [-0.1, -0.05) is 80.6 Å². The SMILES string of the molecule is CCc1ccccc1Nc1nc(N)nc(CN(Cc2nc(N)nc(Nc3ccccc3CC)n2)[C@H](C)c2ccccc2)n1. The summed E-state index contributed by atoms with van der Waals surface area (Å²) in [6.07, 6.45) is 1.74. The molecule has 0 saturated carbocycles. The largest absolute Gasteiger partial charge is 0.368 e. The molecule has 0 radical (unpaired) electrons. The maximum Gasteiger partial charge on any atom is 0.232 e. The number of anilines is 6. The molecule has 0 aliphatic heterocycles. The topological polar surface area (TPSA) is 157 Å². The minimum absolute atomic E-state index is 0.0355. The molecule has 0 saturated heterocycles. The van der Waals surface area contributed by atoms with Gasteiger partial charge >= 0.3 is 0 Å². The molecule has 0 bridgehead atoms. The standard InChI is InChI=1S/C32H37N11/c1-4-22-13-9-11-17-25(22)35-31-39-27(37-29(33)41-31)19-43(21(3)24-15-7-6-8-16-24)20-28-38-30(34)42-32(40-28)36-26-18-12-10-14-23(26)5-2/h6-18,21H,4-5,19-20H2,1-3H3,(H3,33,35,37,39,41)(H3,34,36,38,40,42)/t21-/m1/s1. The minimum Gasteiger partial charge on any atom is -0.368 e. The van der Waals surface area contributed by atoms with E-state index in [2.05, 4.69) is 80.5 Å². The molecule has 2 aromatic heterocycles. The van der Waals surface area contributed by atoms with Crippen LogP contribution in [0.15, 0.2) is 78.9 Å². The van der Waals surface area contributed by atoms with Crippen LogP contribution in [0.1, 0.15) is 55.2 Å². The molecule has 43 heavy (non-hydrogen) atoms. The van der Waals surface area contributed by atoms with E-state index in [0.717, 1.165) is 40.9 Å². The predicted octanol–water partition coefficient (Wildman–Crippen LogP) is 5.60. The Morgan fingerprint density at radius 1 is 0.605 bits per heavy atom. The van der Waals surface area contributed by atoms with Crippen LogP contribution in [0, 0.1) is 0 Å². The summed E-state index contributed by atoms with van der Waals surface area (Å²) < 4.78 is 0. The number of nitrogen functional groups attached to an aromatic ring is 2. The van der Waals surface area contributed by atoms with Crippen molar-refractivity contribution in [3.05, 3.63) is 107 Å². The maximum absolute atomic E-state index is 6.16. The van der Waals surface area contributed by atoms with Crippen LogP contribution in [0.5, 0.6) is 0 Å². The number of aromatic nitrogens is 6. The molecule has 0 amide bonds. The van der Waals surface area contributed by atoms with E-state index in [0.29, 0.717) is 36.6 Å². The summed E-state index contributed by atoms with van der Waals surface area (Å²) in [6.45, 7) is 7.06. The molecular weight excluding hydrogens is 538 g/mol. The van der Waals surface area contributed by atoms with Crippen LogP contribution < -0.4 is 22.1 Å². The molecule has 0 fully saturated rings. The second-order valence-electron chi connectivity index (χ2n) is 10.1. The van der Waals surface area contributed by atoms with Gasteiger partial charge in [-0.25, -0.2) is 0 Å². The third-order valence-electron chi connectivity index (χ3n) is 7.21. The third kappa shape index (κ3) is 7.57. The Bertz CT molecular complexity index is 1560. The van der Waals surface area contributed by atoms with Gasteiger partial charge in [0.25, 0.3) is 0 Å². The van der Waals surface area contributed by atoms with E-state index in [1.807, 2.05) is 54.6 Å². The third-order valence-corrected chi connectivity index (χ3v) is 7.21. The lowest BCUT2D eigenvalue weighted by molar-refractivity contribution is 0.182. The lowest BCUT2D eigenvalue weighted by Crippen LogP contribution is -2.29. The van der Waals surface area contributed by atoms with Gasteiger partial charge in [-0.05, 0) is 48.6 Å². The predicted molar refractivity (Wildman–Crippen MR) is 171 cm³/mol. The Labute approximate surface area is 251 Å². The average molecular weight is 576 g/mol. The second kappa shape index (κ2) is 13.7. The second-order valence-corrected chi connectivity index (χ2v) is 10.1. The summed E-state index contributed by atoms with van der Waals surface area (Å²) in [5.41, 5.74) is 17.6. The first-order valence-corrected chi connectivity index (χ1v) is 14.4. The zero-order chi connectivity index (χ0) is 30.2. The number of para-hydroxylation sites is 2. The van der Waals surface area contributed by atoms with Crippen LogP contribution in [0.2, 0.25) is 0 Å². The first kappa shape index (κ1) is 29.3. The number of aryl methyl sites for hydroxylation is 2. The molecule has 6 N–H and O–H groups in total. The first-order chi connectivity index (χ1) is 20.9. The van der Waals surface area contributed by atoms with Crippen molar-refractivity contribution in [2.75, 3.05) is 22.1 Å². The molecule has 220 valence electrons. The maximum atomic E-state index is 6.16. The molecule has 5 aromatic rings. The number of rotatable bonds is 12. The van der Waals surface area contributed by atoms with E-state index < -0.39 is 0 Å². The summed E-state index contributed by atoms with van der Waals surface area (Å²) in [4.78, 5) is 29.3. The number of hydrogen-bond donors (Lipinski definition) is 4. The molecular formula is C32H37N11. The molecule has 11 heteroatoms. The normalized spacial score (nSPS) is 11.8. The van der Waals surface area contributed by atoms with Crippen molar-refractivity contribution in [3.8, 4) is 0 Å². The molecule has 1 atom stereocenters. The number of benzene rings is 3. The van der Waals surface area contributed by atoms with E-state index in [-0.39, 0.29) is 17.9 Å². The van der Waals surface area contributed by atoms with Crippen molar-refractivity contribution in [3.63, 3.8) is 0 Å². The smallest absolute Gasteiger partial charge is 0.232 e. The zero-order valence-electron chi connectivity index (χ0n) is 24.7. The highest BCUT2D eigenvalue weighted by Crippen LogP contribution is 2.26. The fourth-order valence-electron chi connectivity index (χ4n) is 4.91. The Morgan fingerprint density at radius 3 is 1.51 bits per heavy atom. The Kier molecular flexibility index (Phi) is 9.33. The van der Waals surface area contributed by atoms with Gasteiger partial charge in [0.05, 0.1) is 13.1 Å². The lowest BCUT2D eigenvalue weighted by Gasteiger charge is -2.28. The van der Waals surface area contributed by atoms with Gasteiger partial charge in [0.1, 0.15) is 11.6 Å². The van der Waals surface area contributed by atoms with E-state index in [9.17, 15) is 0 Å². The van der Waals surface area contributed by atoms with Crippen molar-refractivity contribution < 1.29 is 0 Å². The van der Waals surface area contributed by atoms with Gasteiger partial charge < -0.3 is 22.1 Å². The van der Waals surface area contributed by atoms with Crippen molar-refractivity contribution in [2.24, 2.45) is 0 Å². The van der Waals surface area contributed by atoms with Crippen LogP contribution in [-0.2, 0) is 25.9 Å². The Hall–Kier alpha value is -5.16. The van der Waals surface area contributed by atoms with E-state index in [1.54, 1.807) is 0 Å². The van der Waals surface area contributed by atoms with Gasteiger partial charge in [0.2, 0.25) is 23.8 Å². The van der Waals surface area contributed by atoms with Crippen LogP contribution in [-0.4, -0.2) is 34.8 Å². The van der Waals surface area contributed by atoms with E-state index in [4.69, 9.17) is 21.4 Å². The highest BCUT2D eigenvalue weighted by atomic mass is 15.3. The summed E-state index contributed by atoms with van der Waals surface area (Å²) >= 11 is 0. The van der Waals surface area contributed by atoms with Crippen molar-refractivity contribution in [1.82, 2.24) is 34.8 Å². The first-order valence-electron chi connectivity index (χ1n) is 14.4. The number of nitrogens with one attached hydrogen (secondary N) is 2. The van der Waals surface area contributed by atoms with Gasteiger partial charge in [0, 0.05) is 17.4 Å². The van der Waals surface area contributed by atoms with E-state index in [1.165, 1.54) is 0 Å². The molecule has 0 aliphatic carbocycles. The lowest BCUT2D eigenvalue weighted by atomic mass is 10.1. The Balaban J connectivity index is 1.44. The average Bonchev–Trinajstić information content (AvgIpc) is 3.01. The minimum atomic E-state index is -0.0355. The quantitative estimate of drug-likeness (QED) is 0.147. The summed E-state index contributed by atoms with van der Waals surface area (Å²) in [7, 11) is 0. The highest BCUT2D eigenvalue weighted by Gasteiger charge is 2.21. The summed E-state index contributed by atoms with van der Waals surface area (Å²) in [5.74, 6) is 2.09. The fourth-order valence-corrected chi connectivity index (χ4v) is 4.91. The number of nitrogens with two attached hydrogens (primary N) is 2. The van der Waals surface area contributed by atoms with Gasteiger partial charge in [-0.15, -0.1) is 0 Å². The zero-order valence-corrected chi connectivity index (χ0v) is 24.7. The number of nitrogens with zero attached hydrogens (tertiary/aromatic N) is 7. The molecule has 2 heterocycles. The van der Waals surface area contributed by atoms with E-state index >= 15 is 0 Å². The van der Waals surface area contributed by atoms with Crippen LogP contribution in [0.4, 0.5) is 35.2 Å². The molecule has 0 aliphatic rings. The van der Waals surface area contributed by atoms with Crippen LogP contribution in [0.3, 0.4) is 0 Å². The van der Waals surface area contributed by atoms with Crippen LogP contribution >= 0.6 is 0 Å². The van der Waals surface area contributed by atoms with Crippen molar-refractivity contribution in [1.29, 1.82) is 0 Å². The monoisotopic (exact) mass is 575 g/mol. The van der Waals surface area contributed by atoms with Crippen LogP contribution in [0.25, 0.3) is 0 Å². The highest BCUT2D eigenvalue weighted by molar-refractivity contribution is 5.59. The van der Waals surface area contributed by atoms with Crippen molar-refractivity contribution >= 4 is 35.2 Å². The summed E-state index contributed by atoms with van der Waals surface area (Å²) in [6, 6.07) is 26.3. The number of hydrogen-bond acceptors (Lipinski definition) is 11. The van der Waals surface area contributed by atoms with Crippen molar-refractivity contribution in [2.45, 2.75) is 52.7 Å².